The first kappa shape index (κ1) is 13.9. The van der Waals surface area contributed by atoms with Crippen LogP contribution >= 0.6 is 0 Å². The molecule has 98 valence electrons. The summed E-state index contributed by atoms with van der Waals surface area (Å²) in [6, 6.07) is 4.26. The van der Waals surface area contributed by atoms with E-state index in [1.54, 1.807) is 6.92 Å². The lowest BCUT2D eigenvalue weighted by atomic mass is 10.2. The van der Waals surface area contributed by atoms with Crippen LogP contribution in [0.25, 0.3) is 0 Å². The number of hydrogen-bond acceptors (Lipinski definition) is 5. The average Bonchev–Trinajstić information content (AvgIpc) is 2.33. The highest BCUT2D eigenvalue weighted by Gasteiger charge is 2.11. The van der Waals surface area contributed by atoms with Gasteiger partial charge in [-0.2, -0.15) is 0 Å². The Morgan fingerprint density at radius 3 is 2.83 bits per heavy atom. The van der Waals surface area contributed by atoms with Gasteiger partial charge in [-0.15, -0.1) is 0 Å². The molecule has 1 aromatic rings. The number of ether oxygens (including phenoxy) is 1. The molecule has 7 heteroatoms. The van der Waals surface area contributed by atoms with Crippen LogP contribution in [0, 0.1) is 17.0 Å². The molecular weight excluding hydrogens is 240 g/mol. The number of nitro benzene ring substituents is 1. The van der Waals surface area contributed by atoms with E-state index in [2.05, 4.69) is 5.32 Å². The Morgan fingerprint density at radius 1 is 1.56 bits per heavy atom. The van der Waals surface area contributed by atoms with Crippen LogP contribution in [0.2, 0.25) is 0 Å². The normalized spacial score (nSPS) is 9.89. The van der Waals surface area contributed by atoms with Gasteiger partial charge in [0.05, 0.1) is 11.5 Å². The molecule has 7 nitrogen and oxygen atoms in total. The predicted molar refractivity (Wildman–Crippen MR) is 63.4 cm³/mol. The van der Waals surface area contributed by atoms with Gasteiger partial charge in [0.15, 0.2) is 6.61 Å². The monoisotopic (exact) mass is 254 g/mol. The summed E-state index contributed by atoms with van der Waals surface area (Å²) in [6.45, 7) is 1.43. The van der Waals surface area contributed by atoms with Gasteiger partial charge in [-0.1, -0.05) is 0 Å². The molecule has 1 rings (SSSR count). The van der Waals surface area contributed by atoms with Crippen molar-refractivity contribution in [3.63, 3.8) is 0 Å². The molecule has 0 bridgehead atoms. The van der Waals surface area contributed by atoms with E-state index < -0.39 is 4.92 Å². The number of aliphatic hydroxyl groups excluding tert-OH is 1. The van der Waals surface area contributed by atoms with Crippen molar-refractivity contribution in [3.05, 3.63) is 33.9 Å². The zero-order valence-corrected chi connectivity index (χ0v) is 9.88. The van der Waals surface area contributed by atoms with E-state index in [0.717, 1.165) is 0 Å². The van der Waals surface area contributed by atoms with Crippen molar-refractivity contribution >= 4 is 11.6 Å². The highest BCUT2D eigenvalue weighted by atomic mass is 16.6. The topological polar surface area (TPSA) is 102 Å². The Bertz CT molecular complexity index is 447. The summed E-state index contributed by atoms with van der Waals surface area (Å²) in [5.74, 6) is 0.0253. The number of benzene rings is 1. The number of carbonyl (C=O) groups is 1. The molecule has 1 aromatic carbocycles. The van der Waals surface area contributed by atoms with Gasteiger partial charge in [0, 0.05) is 18.2 Å². The number of nitrogens with zero attached hydrogens (tertiary/aromatic N) is 1. The average molecular weight is 254 g/mol. The Labute approximate surface area is 104 Å². The van der Waals surface area contributed by atoms with Crippen LogP contribution < -0.4 is 10.1 Å². The highest BCUT2D eigenvalue weighted by molar-refractivity contribution is 5.77. The van der Waals surface area contributed by atoms with Crippen molar-refractivity contribution in [3.8, 4) is 5.75 Å². The zero-order valence-electron chi connectivity index (χ0n) is 9.88. The van der Waals surface area contributed by atoms with Crippen molar-refractivity contribution in [2.45, 2.75) is 6.92 Å². The van der Waals surface area contributed by atoms with Crippen molar-refractivity contribution in [2.75, 3.05) is 19.8 Å². The van der Waals surface area contributed by atoms with Crippen LogP contribution in [0.5, 0.6) is 5.75 Å². The second kappa shape index (κ2) is 6.55. The van der Waals surface area contributed by atoms with Crippen LogP contribution in [0.3, 0.4) is 0 Å². The minimum atomic E-state index is -0.479. The summed E-state index contributed by atoms with van der Waals surface area (Å²) in [7, 11) is 0. The van der Waals surface area contributed by atoms with Crippen molar-refractivity contribution in [1.82, 2.24) is 5.32 Å². The number of nitro groups is 1. The molecule has 0 saturated heterocycles. The van der Waals surface area contributed by atoms with E-state index in [1.165, 1.54) is 18.2 Å². The lowest BCUT2D eigenvalue weighted by molar-refractivity contribution is -0.385. The molecular formula is C11H14N2O5. The molecule has 0 saturated carbocycles. The van der Waals surface area contributed by atoms with Crippen LogP contribution in [-0.2, 0) is 4.79 Å². The third-order valence-corrected chi connectivity index (χ3v) is 2.17. The zero-order chi connectivity index (χ0) is 13.5. The lowest BCUT2D eigenvalue weighted by Crippen LogP contribution is -2.31. The van der Waals surface area contributed by atoms with Gasteiger partial charge in [0.1, 0.15) is 5.75 Å². The van der Waals surface area contributed by atoms with E-state index in [-0.39, 0.29) is 31.4 Å². The molecule has 0 aliphatic carbocycles. The summed E-state index contributed by atoms with van der Waals surface area (Å²) >= 11 is 0. The van der Waals surface area contributed by atoms with Gasteiger partial charge in [0.25, 0.3) is 11.6 Å². The molecule has 0 atom stereocenters. The van der Waals surface area contributed by atoms with E-state index in [1.807, 2.05) is 0 Å². The molecule has 0 fully saturated rings. The first-order chi connectivity index (χ1) is 8.54. The van der Waals surface area contributed by atoms with Crippen LogP contribution in [0.15, 0.2) is 18.2 Å². The van der Waals surface area contributed by atoms with Gasteiger partial charge in [-0.3, -0.25) is 14.9 Å². The van der Waals surface area contributed by atoms with Gasteiger partial charge in [-0.25, -0.2) is 0 Å². The van der Waals surface area contributed by atoms with Crippen molar-refractivity contribution in [1.29, 1.82) is 0 Å². The molecule has 1 amide bonds. The summed E-state index contributed by atoms with van der Waals surface area (Å²) in [5.41, 5.74) is 0.473. The fourth-order valence-corrected chi connectivity index (χ4v) is 1.32. The molecule has 0 aliphatic heterocycles. The van der Waals surface area contributed by atoms with Crippen LogP contribution in [0.4, 0.5) is 5.69 Å². The quantitative estimate of drug-likeness (QED) is 0.564. The molecule has 0 radical (unpaired) electrons. The number of hydrogen-bond donors (Lipinski definition) is 2. The molecule has 0 spiro atoms. The maximum atomic E-state index is 11.2. The maximum Gasteiger partial charge on any atom is 0.272 e. The second-order valence-electron chi connectivity index (χ2n) is 3.57. The fraction of sp³-hybridized carbons (Fsp3) is 0.364. The van der Waals surface area contributed by atoms with E-state index in [0.29, 0.717) is 11.3 Å². The van der Waals surface area contributed by atoms with E-state index >= 15 is 0 Å². The lowest BCUT2D eigenvalue weighted by Gasteiger charge is -2.07. The van der Waals surface area contributed by atoms with Crippen molar-refractivity contribution < 1.29 is 19.6 Å². The number of rotatable bonds is 6. The number of amides is 1. The predicted octanol–water partition coefficient (Wildman–Crippen LogP) is 0.391. The first-order valence-electron chi connectivity index (χ1n) is 5.30. The number of carbonyl (C=O) groups excluding carboxylic acids is 1. The summed E-state index contributed by atoms with van der Waals surface area (Å²) < 4.78 is 5.16. The van der Waals surface area contributed by atoms with Gasteiger partial charge in [0.2, 0.25) is 0 Å². The summed E-state index contributed by atoms with van der Waals surface area (Å²) in [4.78, 5) is 21.3. The Morgan fingerprint density at radius 2 is 2.28 bits per heavy atom. The van der Waals surface area contributed by atoms with Gasteiger partial charge >= 0.3 is 0 Å². The number of aliphatic hydroxyl groups is 1. The first-order valence-corrected chi connectivity index (χ1v) is 5.30. The van der Waals surface area contributed by atoms with Crippen LogP contribution in [0.1, 0.15) is 5.56 Å². The summed E-state index contributed by atoms with van der Waals surface area (Å²) in [5, 5.41) is 21.5. The van der Waals surface area contributed by atoms with Crippen molar-refractivity contribution in [2.24, 2.45) is 0 Å². The smallest absolute Gasteiger partial charge is 0.272 e. The molecule has 0 aliphatic rings. The molecule has 0 aromatic heterocycles. The largest absolute Gasteiger partial charge is 0.484 e. The minimum absolute atomic E-state index is 0.00656. The molecule has 2 N–H and O–H groups in total. The fourth-order valence-electron chi connectivity index (χ4n) is 1.32. The molecule has 18 heavy (non-hydrogen) atoms. The van der Waals surface area contributed by atoms with Crippen LogP contribution in [-0.4, -0.2) is 35.7 Å². The molecule has 0 unspecified atom stereocenters. The van der Waals surface area contributed by atoms with E-state index in [9.17, 15) is 14.9 Å². The Hall–Kier alpha value is -2.15. The minimum Gasteiger partial charge on any atom is -0.484 e. The number of aryl methyl sites for hydroxylation is 1. The Balaban J connectivity index is 2.56. The maximum absolute atomic E-state index is 11.2. The summed E-state index contributed by atoms with van der Waals surface area (Å²) in [6.07, 6.45) is 0. The van der Waals surface area contributed by atoms with Gasteiger partial charge < -0.3 is 15.2 Å². The SMILES string of the molecule is Cc1cc(OCC(=O)NCCO)ccc1[N+](=O)[O-]. The van der Waals surface area contributed by atoms with E-state index in [4.69, 9.17) is 9.84 Å². The van der Waals surface area contributed by atoms with Gasteiger partial charge in [-0.05, 0) is 19.1 Å². The number of nitrogens with one attached hydrogen (secondary N) is 1. The molecule has 0 heterocycles. The standard InChI is InChI=1S/C11H14N2O5/c1-8-6-9(2-3-10(8)13(16)17)18-7-11(15)12-4-5-14/h2-3,6,14H,4-5,7H2,1H3,(H,12,15). The Kier molecular flexibility index (Phi) is 5.06. The third kappa shape index (κ3) is 4.02. The second-order valence-corrected chi connectivity index (χ2v) is 3.57. The third-order valence-electron chi connectivity index (χ3n) is 2.17. The highest BCUT2D eigenvalue weighted by Crippen LogP contribution is 2.22.